The molecule has 20 heavy (non-hydrogen) atoms. The first kappa shape index (κ1) is 17.0. The van der Waals surface area contributed by atoms with Gasteiger partial charge in [0.2, 0.25) is 5.91 Å². The van der Waals surface area contributed by atoms with Crippen molar-refractivity contribution >= 4 is 11.9 Å². The molecule has 1 fully saturated rings. The Morgan fingerprint density at radius 2 is 1.70 bits per heavy atom. The average molecular weight is 283 g/mol. The Hall–Kier alpha value is -1.06. The Labute approximate surface area is 122 Å². The molecule has 1 saturated carbocycles. The summed E-state index contributed by atoms with van der Waals surface area (Å²) in [6.45, 7) is 2.71. The lowest BCUT2D eigenvalue weighted by Crippen LogP contribution is -2.37. The fourth-order valence-electron chi connectivity index (χ4n) is 2.27. The molecule has 4 nitrogen and oxygen atoms in total. The van der Waals surface area contributed by atoms with Gasteiger partial charge in [-0.05, 0) is 19.3 Å². The van der Waals surface area contributed by atoms with E-state index in [1.54, 1.807) is 0 Å². The summed E-state index contributed by atoms with van der Waals surface area (Å²) in [5, 5.41) is 2.65. The Morgan fingerprint density at radius 1 is 1.05 bits per heavy atom. The second-order valence-electron chi connectivity index (χ2n) is 5.69. The van der Waals surface area contributed by atoms with Crippen LogP contribution in [0.2, 0.25) is 0 Å². The lowest BCUT2D eigenvalue weighted by Gasteiger charge is -2.23. The monoisotopic (exact) mass is 283 g/mol. The highest BCUT2D eigenvalue weighted by Crippen LogP contribution is 2.25. The van der Waals surface area contributed by atoms with Gasteiger partial charge in [0.25, 0.3) is 0 Å². The Bertz CT molecular complexity index is 287. The normalized spacial score (nSPS) is 14.7. The number of ether oxygens (including phenoxy) is 1. The summed E-state index contributed by atoms with van der Waals surface area (Å²) in [6.07, 6.45) is 11.5. The maximum Gasteiger partial charge on any atom is 0.325 e. The van der Waals surface area contributed by atoms with Crippen LogP contribution < -0.4 is 5.32 Å². The van der Waals surface area contributed by atoms with E-state index >= 15 is 0 Å². The van der Waals surface area contributed by atoms with E-state index in [-0.39, 0.29) is 24.3 Å². The first-order chi connectivity index (χ1) is 9.74. The largest absolute Gasteiger partial charge is 0.464 e. The molecule has 4 heteroatoms. The molecule has 0 saturated heterocycles. The first-order valence-corrected chi connectivity index (χ1v) is 8.17. The van der Waals surface area contributed by atoms with Crippen molar-refractivity contribution in [2.75, 3.05) is 13.2 Å². The molecule has 0 aromatic rings. The van der Waals surface area contributed by atoms with Crippen LogP contribution in [0, 0.1) is 5.92 Å². The number of amides is 1. The van der Waals surface area contributed by atoms with Crippen molar-refractivity contribution in [1.82, 2.24) is 5.32 Å². The summed E-state index contributed by atoms with van der Waals surface area (Å²) in [4.78, 5) is 22.9. The summed E-state index contributed by atoms with van der Waals surface area (Å²) in [7, 11) is 0. The SMILES string of the molecule is CCCCCCCCCOC(=O)CNC(=O)C1CCC1. The molecule has 1 aliphatic rings. The molecule has 0 aromatic carbocycles. The van der Waals surface area contributed by atoms with E-state index in [4.69, 9.17) is 4.74 Å². The van der Waals surface area contributed by atoms with E-state index in [1.807, 2.05) is 0 Å². The van der Waals surface area contributed by atoms with Crippen molar-refractivity contribution in [3.05, 3.63) is 0 Å². The topological polar surface area (TPSA) is 55.4 Å². The van der Waals surface area contributed by atoms with Gasteiger partial charge in [-0.2, -0.15) is 0 Å². The number of hydrogen-bond acceptors (Lipinski definition) is 3. The summed E-state index contributed by atoms with van der Waals surface area (Å²) >= 11 is 0. The predicted octanol–water partition coefficient (Wildman–Crippen LogP) is 3.20. The van der Waals surface area contributed by atoms with Gasteiger partial charge in [0.15, 0.2) is 0 Å². The summed E-state index contributed by atoms with van der Waals surface area (Å²) in [6, 6.07) is 0. The molecule has 0 aliphatic heterocycles. The second kappa shape index (κ2) is 10.7. The minimum absolute atomic E-state index is 0.00382. The Balaban J connectivity index is 1.86. The van der Waals surface area contributed by atoms with Gasteiger partial charge in [0.1, 0.15) is 6.54 Å². The van der Waals surface area contributed by atoms with E-state index in [1.165, 1.54) is 32.1 Å². The number of unbranched alkanes of at least 4 members (excludes halogenated alkanes) is 6. The van der Waals surface area contributed by atoms with Gasteiger partial charge in [-0.15, -0.1) is 0 Å². The molecule has 0 radical (unpaired) electrons. The van der Waals surface area contributed by atoms with Crippen molar-refractivity contribution in [3.63, 3.8) is 0 Å². The quantitative estimate of drug-likeness (QED) is 0.468. The molecule has 0 heterocycles. The zero-order chi connectivity index (χ0) is 14.6. The molecule has 1 rings (SSSR count). The van der Waals surface area contributed by atoms with Crippen molar-refractivity contribution in [1.29, 1.82) is 0 Å². The van der Waals surface area contributed by atoms with E-state index in [2.05, 4.69) is 12.2 Å². The van der Waals surface area contributed by atoms with Crippen LogP contribution in [0.3, 0.4) is 0 Å². The van der Waals surface area contributed by atoms with Crippen LogP contribution in [-0.2, 0) is 14.3 Å². The fourth-order valence-corrected chi connectivity index (χ4v) is 2.27. The van der Waals surface area contributed by atoms with Crippen LogP contribution in [0.4, 0.5) is 0 Å². The Kier molecular flexibility index (Phi) is 9.09. The molecule has 0 atom stereocenters. The van der Waals surface area contributed by atoms with Crippen LogP contribution in [-0.4, -0.2) is 25.0 Å². The number of carbonyl (C=O) groups excluding carboxylic acids is 2. The van der Waals surface area contributed by atoms with Crippen molar-refractivity contribution in [2.45, 2.75) is 71.1 Å². The molecule has 0 spiro atoms. The van der Waals surface area contributed by atoms with Gasteiger partial charge in [0.05, 0.1) is 6.61 Å². The zero-order valence-corrected chi connectivity index (χ0v) is 12.8. The van der Waals surface area contributed by atoms with Gasteiger partial charge in [-0.3, -0.25) is 9.59 Å². The first-order valence-electron chi connectivity index (χ1n) is 8.17. The summed E-state index contributed by atoms with van der Waals surface area (Å²) in [5.41, 5.74) is 0. The molecule has 116 valence electrons. The van der Waals surface area contributed by atoms with E-state index < -0.39 is 0 Å². The van der Waals surface area contributed by atoms with Gasteiger partial charge >= 0.3 is 5.97 Å². The van der Waals surface area contributed by atoms with E-state index in [0.717, 1.165) is 32.1 Å². The minimum Gasteiger partial charge on any atom is -0.464 e. The van der Waals surface area contributed by atoms with Crippen LogP contribution in [0.1, 0.15) is 71.1 Å². The summed E-state index contributed by atoms with van der Waals surface area (Å²) < 4.78 is 5.10. The van der Waals surface area contributed by atoms with Gasteiger partial charge in [-0.25, -0.2) is 0 Å². The highest BCUT2D eigenvalue weighted by molar-refractivity contribution is 5.83. The number of rotatable bonds is 11. The highest BCUT2D eigenvalue weighted by Gasteiger charge is 2.25. The molecule has 1 amide bonds. The third-order valence-corrected chi connectivity index (χ3v) is 3.89. The van der Waals surface area contributed by atoms with Crippen molar-refractivity contribution < 1.29 is 14.3 Å². The average Bonchev–Trinajstić information content (AvgIpc) is 2.37. The number of hydrogen-bond donors (Lipinski definition) is 1. The van der Waals surface area contributed by atoms with Gasteiger partial charge in [-0.1, -0.05) is 51.9 Å². The fraction of sp³-hybridized carbons (Fsp3) is 0.875. The van der Waals surface area contributed by atoms with Crippen LogP contribution in [0.25, 0.3) is 0 Å². The van der Waals surface area contributed by atoms with Crippen molar-refractivity contribution in [2.24, 2.45) is 5.92 Å². The van der Waals surface area contributed by atoms with Gasteiger partial charge < -0.3 is 10.1 Å². The van der Waals surface area contributed by atoms with Crippen LogP contribution in [0.5, 0.6) is 0 Å². The lowest BCUT2D eigenvalue weighted by molar-refractivity contribution is -0.144. The van der Waals surface area contributed by atoms with Crippen LogP contribution >= 0.6 is 0 Å². The predicted molar refractivity (Wildman–Crippen MR) is 79.3 cm³/mol. The van der Waals surface area contributed by atoms with E-state index in [9.17, 15) is 9.59 Å². The van der Waals surface area contributed by atoms with Gasteiger partial charge in [0, 0.05) is 5.92 Å². The Morgan fingerprint density at radius 3 is 2.30 bits per heavy atom. The zero-order valence-electron chi connectivity index (χ0n) is 12.8. The highest BCUT2D eigenvalue weighted by atomic mass is 16.5. The number of carbonyl (C=O) groups is 2. The lowest BCUT2D eigenvalue weighted by atomic mass is 9.85. The molecular formula is C16H29NO3. The standard InChI is InChI=1S/C16H29NO3/c1-2-3-4-5-6-7-8-12-20-15(18)13-17-16(19)14-10-9-11-14/h14H,2-13H2,1H3,(H,17,19). The van der Waals surface area contributed by atoms with Crippen molar-refractivity contribution in [3.8, 4) is 0 Å². The molecule has 0 aromatic heterocycles. The smallest absolute Gasteiger partial charge is 0.325 e. The molecule has 0 bridgehead atoms. The third-order valence-electron chi connectivity index (χ3n) is 3.89. The number of nitrogens with one attached hydrogen (secondary N) is 1. The summed E-state index contributed by atoms with van der Waals surface area (Å²) in [5.74, 6) is -0.182. The van der Waals surface area contributed by atoms with E-state index in [0.29, 0.717) is 6.61 Å². The third kappa shape index (κ3) is 7.51. The molecule has 1 aliphatic carbocycles. The minimum atomic E-state index is -0.316. The maximum atomic E-state index is 11.5. The second-order valence-corrected chi connectivity index (χ2v) is 5.69. The molecular weight excluding hydrogens is 254 g/mol. The number of esters is 1. The van der Waals surface area contributed by atoms with Crippen LogP contribution in [0.15, 0.2) is 0 Å². The molecule has 0 unspecified atom stereocenters. The maximum absolute atomic E-state index is 11.5. The molecule has 1 N–H and O–H groups in total.